The van der Waals surface area contributed by atoms with Crippen LogP contribution in [0, 0.1) is 12.8 Å². The summed E-state index contributed by atoms with van der Waals surface area (Å²) in [6, 6.07) is 20.6. The second-order valence-corrected chi connectivity index (χ2v) is 9.23. The molecule has 1 heterocycles. The lowest BCUT2D eigenvalue weighted by Crippen LogP contribution is -2.47. The largest absolute Gasteiger partial charge is 0.497 e. The molecule has 4 rings (SSSR count). The van der Waals surface area contributed by atoms with Gasteiger partial charge in [-0.05, 0) is 55.3 Å². The lowest BCUT2D eigenvalue weighted by molar-refractivity contribution is -0.125. The van der Waals surface area contributed by atoms with Gasteiger partial charge in [-0.1, -0.05) is 29.8 Å². The summed E-state index contributed by atoms with van der Waals surface area (Å²) in [4.78, 5) is 30.7. The Bertz CT molecular complexity index is 1220. The molecule has 2 amide bonds. The van der Waals surface area contributed by atoms with Crippen molar-refractivity contribution in [2.24, 2.45) is 5.92 Å². The molecule has 188 valence electrons. The van der Waals surface area contributed by atoms with E-state index in [0.29, 0.717) is 24.3 Å². The highest BCUT2D eigenvalue weighted by Crippen LogP contribution is 2.41. The Labute approximate surface area is 212 Å². The van der Waals surface area contributed by atoms with E-state index >= 15 is 0 Å². The van der Waals surface area contributed by atoms with E-state index in [2.05, 4.69) is 5.32 Å². The maximum absolute atomic E-state index is 13.7. The molecule has 3 aromatic rings. The maximum atomic E-state index is 13.7. The minimum absolute atomic E-state index is 0.000672. The number of piperidine rings is 1. The fourth-order valence-corrected chi connectivity index (χ4v) is 4.72. The molecule has 1 N–H and O–H groups in total. The van der Waals surface area contributed by atoms with E-state index in [1.54, 1.807) is 19.1 Å². The van der Waals surface area contributed by atoms with Gasteiger partial charge >= 0.3 is 0 Å². The van der Waals surface area contributed by atoms with Gasteiger partial charge in [0.15, 0.2) is 0 Å². The normalized spacial score (nSPS) is 17.5. The maximum Gasteiger partial charge on any atom is 0.229 e. The molecule has 0 radical (unpaired) electrons. The molecule has 0 saturated carbocycles. The first-order chi connectivity index (χ1) is 17.3. The van der Waals surface area contributed by atoms with Crippen LogP contribution in [0.15, 0.2) is 66.7 Å². The Morgan fingerprint density at radius 3 is 2.28 bits per heavy atom. The summed E-state index contributed by atoms with van der Waals surface area (Å²) in [5.41, 5.74) is 4.33. The minimum atomic E-state index is -0.456. The topological polar surface area (TPSA) is 71.1 Å². The zero-order valence-electron chi connectivity index (χ0n) is 21.4. The highest BCUT2D eigenvalue weighted by atomic mass is 16.5. The number of ether oxygens (including phenoxy) is 2. The van der Waals surface area contributed by atoms with Crippen LogP contribution >= 0.6 is 0 Å². The minimum Gasteiger partial charge on any atom is -0.497 e. The van der Waals surface area contributed by atoms with Crippen molar-refractivity contribution in [2.75, 3.05) is 43.4 Å². The van der Waals surface area contributed by atoms with Gasteiger partial charge in [-0.2, -0.15) is 0 Å². The summed E-state index contributed by atoms with van der Waals surface area (Å²) < 4.78 is 10.9. The first-order valence-electron chi connectivity index (χ1n) is 12.0. The van der Waals surface area contributed by atoms with Crippen molar-refractivity contribution in [2.45, 2.75) is 25.8 Å². The monoisotopic (exact) mass is 487 g/mol. The lowest BCUT2D eigenvalue weighted by Gasteiger charge is -2.41. The molecular weight excluding hydrogens is 454 g/mol. The number of amides is 2. The van der Waals surface area contributed by atoms with Gasteiger partial charge in [-0.25, -0.2) is 0 Å². The highest BCUT2D eigenvalue weighted by Gasteiger charge is 2.41. The first-order valence-corrected chi connectivity index (χ1v) is 12.0. The summed E-state index contributed by atoms with van der Waals surface area (Å²) >= 11 is 0. The van der Waals surface area contributed by atoms with Crippen molar-refractivity contribution >= 4 is 28.9 Å². The molecule has 7 nitrogen and oxygen atoms in total. The molecule has 36 heavy (non-hydrogen) atoms. The molecule has 2 atom stereocenters. The molecule has 0 bridgehead atoms. The van der Waals surface area contributed by atoms with Gasteiger partial charge in [-0.3, -0.25) is 9.59 Å². The summed E-state index contributed by atoms with van der Waals surface area (Å²) in [5.74, 6) is 0.805. The van der Waals surface area contributed by atoms with Gasteiger partial charge in [0.05, 0.1) is 31.9 Å². The van der Waals surface area contributed by atoms with E-state index < -0.39 is 12.0 Å². The standard InChI is InChI=1S/C29H33N3O4/c1-19-6-11-22(12-7-19)32-27(33)17-15-24(28(32)20-8-13-23(35-4)14-9-20)29(34)30-21-10-16-25(31(2)3)26(18-21)36-5/h6-14,16,18,24,28H,15,17H2,1-5H3,(H,30,34). The van der Waals surface area contributed by atoms with Crippen molar-refractivity contribution in [1.82, 2.24) is 0 Å². The van der Waals surface area contributed by atoms with E-state index in [4.69, 9.17) is 9.47 Å². The van der Waals surface area contributed by atoms with Crippen LogP contribution in [0.1, 0.15) is 30.0 Å². The van der Waals surface area contributed by atoms with Crippen LogP contribution in [-0.2, 0) is 9.59 Å². The van der Waals surface area contributed by atoms with E-state index in [0.717, 1.165) is 28.3 Å². The fraction of sp³-hybridized carbons (Fsp3) is 0.310. The smallest absolute Gasteiger partial charge is 0.229 e. The van der Waals surface area contributed by atoms with Crippen molar-refractivity contribution in [3.05, 3.63) is 77.9 Å². The molecule has 0 spiro atoms. The molecule has 0 aromatic heterocycles. The fourth-order valence-electron chi connectivity index (χ4n) is 4.72. The van der Waals surface area contributed by atoms with E-state index in [9.17, 15) is 9.59 Å². The zero-order chi connectivity index (χ0) is 25.8. The van der Waals surface area contributed by atoms with Gasteiger partial charge in [0, 0.05) is 38.0 Å². The number of hydrogen-bond donors (Lipinski definition) is 1. The third-order valence-corrected chi connectivity index (χ3v) is 6.63. The van der Waals surface area contributed by atoms with Crippen LogP contribution < -0.4 is 24.6 Å². The molecule has 0 aliphatic carbocycles. The van der Waals surface area contributed by atoms with Crippen LogP contribution in [-0.4, -0.2) is 40.1 Å². The second kappa shape index (κ2) is 10.7. The SMILES string of the molecule is COc1ccc(C2C(C(=O)Nc3ccc(N(C)C)c(OC)c3)CCC(=O)N2c2ccc(C)cc2)cc1. The number of anilines is 3. The molecule has 2 unspecified atom stereocenters. The van der Waals surface area contributed by atoms with Gasteiger partial charge < -0.3 is 24.6 Å². The number of carbonyl (C=O) groups is 2. The first kappa shape index (κ1) is 25.1. The number of nitrogens with one attached hydrogen (secondary N) is 1. The Morgan fingerprint density at radius 2 is 1.67 bits per heavy atom. The summed E-state index contributed by atoms with van der Waals surface area (Å²) in [6.07, 6.45) is 0.748. The molecule has 3 aromatic carbocycles. The van der Waals surface area contributed by atoms with E-state index in [-0.39, 0.29) is 11.8 Å². The van der Waals surface area contributed by atoms with E-state index in [1.165, 1.54) is 0 Å². The van der Waals surface area contributed by atoms with Crippen molar-refractivity contribution in [3.63, 3.8) is 0 Å². The van der Waals surface area contributed by atoms with Crippen LogP contribution in [0.4, 0.5) is 17.1 Å². The number of carbonyl (C=O) groups excluding carboxylic acids is 2. The van der Waals surface area contributed by atoms with Crippen LogP contribution in [0.3, 0.4) is 0 Å². The van der Waals surface area contributed by atoms with Crippen LogP contribution in [0.5, 0.6) is 11.5 Å². The predicted octanol–water partition coefficient (Wildman–Crippen LogP) is 5.20. The quantitative estimate of drug-likeness (QED) is 0.496. The molecule has 7 heteroatoms. The number of methoxy groups -OCH3 is 2. The zero-order valence-corrected chi connectivity index (χ0v) is 21.4. The third kappa shape index (κ3) is 5.15. The van der Waals surface area contributed by atoms with Crippen LogP contribution in [0.2, 0.25) is 0 Å². The third-order valence-electron chi connectivity index (χ3n) is 6.63. The Kier molecular flexibility index (Phi) is 7.48. The molecule has 1 fully saturated rings. The van der Waals surface area contributed by atoms with Crippen molar-refractivity contribution < 1.29 is 19.1 Å². The highest BCUT2D eigenvalue weighted by molar-refractivity contribution is 6.00. The van der Waals surface area contributed by atoms with Crippen molar-refractivity contribution in [1.29, 1.82) is 0 Å². The van der Waals surface area contributed by atoms with Crippen LogP contribution in [0.25, 0.3) is 0 Å². The number of nitrogens with zero attached hydrogens (tertiary/aromatic N) is 2. The van der Waals surface area contributed by atoms with Gasteiger partial charge in [-0.15, -0.1) is 0 Å². The van der Waals surface area contributed by atoms with E-state index in [1.807, 2.05) is 92.6 Å². The summed E-state index contributed by atoms with van der Waals surface area (Å²) in [7, 11) is 7.10. The number of aryl methyl sites for hydroxylation is 1. The van der Waals surface area contributed by atoms with Gasteiger partial charge in [0.1, 0.15) is 11.5 Å². The summed E-state index contributed by atoms with van der Waals surface area (Å²) in [5, 5.41) is 3.07. The Balaban J connectivity index is 1.70. The van der Waals surface area contributed by atoms with Gasteiger partial charge in [0.2, 0.25) is 11.8 Å². The second-order valence-electron chi connectivity index (χ2n) is 9.23. The molecule has 1 aliphatic rings. The average Bonchev–Trinajstić information content (AvgIpc) is 2.89. The predicted molar refractivity (Wildman–Crippen MR) is 143 cm³/mol. The molecule has 1 saturated heterocycles. The molecular formula is C29H33N3O4. The van der Waals surface area contributed by atoms with Gasteiger partial charge in [0.25, 0.3) is 0 Å². The summed E-state index contributed by atoms with van der Waals surface area (Å²) in [6.45, 7) is 2.01. The number of rotatable bonds is 7. The average molecular weight is 488 g/mol. The lowest BCUT2D eigenvalue weighted by atomic mass is 9.83. The van der Waals surface area contributed by atoms with Crippen molar-refractivity contribution in [3.8, 4) is 11.5 Å². The Morgan fingerprint density at radius 1 is 0.972 bits per heavy atom. The number of benzene rings is 3. The number of hydrogen-bond acceptors (Lipinski definition) is 5. The molecule has 1 aliphatic heterocycles. The Hall–Kier alpha value is -4.00.